The van der Waals surface area contributed by atoms with Gasteiger partial charge in [-0.15, -0.1) is 11.3 Å². The van der Waals surface area contributed by atoms with E-state index in [0.717, 1.165) is 30.9 Å². The van der Waals surface area contributed by atoms with Crippen LogP contribution in [0.4, 0.5) is 0 Å². The molecule has 0 bridgehead atoms. The number of nitrogens with zero attached hydrogens (tertiary/aromatic N) is 2. The molecule has 0 amide bonds. The minimum Gasteiger partial charge on any atom is -0.481 e. The van der Waals surface area contributed by atoms with Gasteiger partial charge in [0.25, 0.3) is 0 Å². The van der Waals surface area contributed by atoms with Crippen molar-refractivity contribution in [2.24, 2.45) is 5.92 Å². The number of likely N-dealkylation sites (tertiary alicyclic amines) is 1. The lowest BCUT2D eigenvalue weighted by atomic mass is 9.96. The molecule has 1 unspecified atom stereocenters. The highest BCUT2D eigenvalue weighted by molar-refractivity contribution is 7.09. The van der Waals surface area contributed by atoms with Gasteiger partial charge >= 0.3 is 5.97 Å². The van der Waals surface area contributed by atoms with Crippen LogP contribution >= 0.6 is 11.3 Å². The molecular weight excluding hydrogens is 224 g/mol. The Kier molecular flexibility index (Phi) is 3.56. The van der Waals surface area contributed by atoms with Gasteiger partial charge in [0.05, 0.1) is 12.0 Å². The maximum absolute atomic E-state index is 10.8. The SMILES string of the molecule is CC(c1nccs1)N1CCC(C(=O)O)CC1. The summed E-state index contributed by atoms with van der Waals surface area (Å²) < 4.78 is 0. The first-order valence-electron chi connectivity index (χ1n) is 5.54. The Balaban J connectivity index is 1.92. The molecule has 4 nitrogen and oxygen atoms in total. The van der Waals surface area contributed by atoms with Gasteiger partial charge in [0.1, 0.15) is 5.01 Å². The number of hydrogen-bond donors (Lipinski definition) is 1. The van der Waals surface area contributed by atoms with Crippen LogP contribution in [0.5, 0.6) is 0 Å². The molecule has 1 aliphatic rings. The van der Waals surface area contributed by atoms with Crippen LogP contribution in [-0.4, -0.2) is 34.0 Å². The first kappa shape index (κ1) is 11.5. The van der Waals surface area contributed by atoms with Crippen molar-refractivity contribution < 1.29 is 9.90 Å². The summed E-state index contributed by atoms with van der Waals surface area (Å²) in [6.07, 6.45) is 3.33. The molecule has 1 N–H and O–H groups in total. The fourth-order valence-corrected chi connectivity index (χ4v) is 2.86. The van der Waals surface area contributed by atoms with E-state index in [-0.39, 0.29) is 5.92 Å². The Morgan fingerprint density at radius 1 is 1.62 bits per heavy atom. The van der Waals surface area contributed by atoms with Crippen molar-refractivity contribution in [1.29, 1.82) is 0 Å². The number of thiazole rings is 1. The predicted molar refractivity (Wildman–Crippen MR) is 62.5 cm³/mol. The number of carboxylic acid groups (broad SMARTS) is 1. The lowest BCUT2D eigenvalue weighted by Crippen LogP contribution is -2.37. The number of piperidine rings is 1. The Morgan fingerprint density at radius 3 is 2.81 bits per heavy atom. The van der Waals surface area contributed by atoms with Crippen molar-refractivity contribution >= 4 is 17.3 Å². The average Bonchev–Trinajstić information content (AvgIpc) is 2.81. The van der Waals surface area contributed by atoms with Gasteiger partial charge in [0, 0.05) is 11.6 Å². The van der Waals surface area contributed by atoms with Crippen LogP contribution in [0.2, 0.25) is 0 Å². The highest BCUT2D eigenvalue weighted by atomic mass is 32.1. The average molecular weight is 240 g/mol. The van der Waals surface area contributed by atoms with E-state index in [4.69, 9.17) is 5.11 Å². The third-order valence-corrected chi connectivity index (χ3v) is 4.18. The molecule has 0 spiro atoms. The maximum Gasteiger partial charge on any atom is 0.306 e. The van der Waals surface area contributed by atoms with E-state index in [1.165, 1.54) is 0 Å². The molecule has 0 radical (unpaired) electrons. The van der Waals surface area contributed by atoms with Crippen molar-refractivity contribution in [3.05, 3.63) is 16.6 Å². The van der Waals surface area contributed by atoms with Gasteiger partial charge in [-0.3, -0.25) is 9.69 Å². The highest BCUT2D eigenvalue weighted by Crippen LogP contribution is 2.27. The summed E-state index contributed by atoms with van der Waals surface area (Å²) in [4.78, 5) is 17.5. The predicted octanol–water partition coefficient (Wildman–Crippen LogP) is 2.00. The summed E-state index contributed by atoms with van der Waals surface area (Å²) in [7, 11) is 0. The number of hydrogen-bond acceptors (Lipinski definition) is 4. The van der Waals surface area contributed by atoms with Crippen molar-refractivity contribution in [3.8, 4) is 0 Å². The van der Waals surface area contributed by atoms with Crippen LogP contribution in [-0.2, 0) is 4.79 Å². The summed E-state index contributed by atoms with van der Waals surface area (Å²) in [5.41, 5.74) is 0. The van der Waals surface area contributed by atoms with Gasteiger partial charge in [-0.25, -0.2) is 4.98 Å². The maximum atomic E-state index is 10.8. The second kappa shape index (κ2) is 4.93. The molecule has 1 fully saturated rings. The second-order valence-corrected chi connectivity index (χ2v) is 5.12. The van der Waals surface area contributed by atoms with E-state index >= 15 is 0 Å². The van der Waals surface area contributed by atoms with Gasteiger partial charge in [-0.1, -0.05) is 0 Å². The molecule has 1 aliphatic heterocycles. The summed E-state index contributed by atoms with van der Waals surface area (Å²) in [5, 5.41) is 12.0. The zero-order chi connectivity index (χ0) is 11.5. The number of rotatable bonds is 3. The minimum atomic E-state index is -0.651. The Hall–Kier alpha value is -0.940. The lowest BCUT2D eigenvalue weighted by molar-refractivity contribution is -0.143. The number of carbonyl (C=O) groups is 1. The zero-order valence-corrected chi connectivity index (χ0v) is 10.1. The second-order valence-electron chi connectivity index (χ2n) is 4.19. The van der Waals surface area contributed by atoms with Gasteiger partial charge < -0.3 is 5.11 Å². The quantitative estimate of drug-likeness (QED) is 0.878. The number of aliphatic carboxylic acids is 1. The molecule has 2 rings (SSSR count). The summed E-state index contributed by atoms with van der Waals surface area (Å²) in [6, 6.07) is 0.315. The molecule has 1 aromatic heterocycles. The van der Waals surface area contributed by atoms with Crippen molar-refractivity contribution in [2.75, 3.05) is 13.1 Å². The van der Waals surface area contributed by atoms with E-state index in [1.54, 1.807) is 11.3 Å². The van der Waals surface area contributed by atoms with Gasteiger partial charge in [-0.2, -0.15) is 0 Å². The Labute approximate surface area is 98.9 Å². The molecule has 1 aromatic rings. The molecule has 1 atom stereocenters. The summed E-state index contributed by atoms with van der Waals surface area (Å²) >= 11 is 1.66. The summed E-state index contributed by atoms with van der Waals surface area (Å²) in [6.45, 7) is 3.86. The third-order valence-electron chi connectivity index (χ3n) is 3.24. The van der Waals surface area contributed by atoms with E-state index in [9.17, 15) is 4.79 Å². The Morgan fingerprint density at radius 2 is 2.31 bits per heavy atom. The third kappa shape index (κ3) is 2.41. The lowest BCUT2D eigenvalue weighted by Gasteiger charge is -2.33. The fraction of sp³-hybridized carbons (Fsp3) is 0.636. The molecule has 0 aromatic carbocycles. The van der Waals surface area contributed by atoms with Crippen LogP contribution in [0, 0.1) is 5.92 Å². The van der Waals surface area contributed by atoms with Crippen LogP contribution in [0.1, 0.15) is 30.8 Å². The van der Waals surface area contributed by atoms with Crippen molar-refractivity contribution in [1.82, 2.24) is 9.88 Å². The van der Waals surface area contributed by atoms with Gasteiger partial charge in [0.2, 0.25) is 0 Å². The zero-order valence-electron chi connectivity index (χ0n) is 9.30. The van der Waals surface area contributed by atoms with Crippen molar-refractivity contribution in [3.63, 3.8) is 0 Å². The monoisotopic (exact) mass is 240 g/mol. The van der Waals surface area contributed by atoms with E-state index < -0.39 is 5.97 Å². The molecule has 1 saturated heterocycles. The van der Waals surface area contributed by atoms with E-state index in [0.29, 0.717) is 6.04 Å². The van der Waals surface area contributed by atoms with Crippen LogP contribution in [0.3, 0.4) is 0 Å². The first-order chi connectivity index (χ1) is 7.68. The normalized spacial score (nSPS) is 20.8. The van der Waals surface area contributed by atoms with Crippen LogP contribution in [0.15, 0.2) is 11.6 Å². The van der Waals surface area contributed by atoms with Gasteiger partial charge in [-0.05, 0) is 32.9 Å². The molecule has 5 heteroatoms. The molecular formula is C11H16N2O2S. The fourth-order valence-electron chi connectivity index (χ4n) is 2.13. The minimum absolute atomic E-state index is 0.153. The molecule has 2 heterocycles. The standard InChI is InChI=1S/C11H16N2O2S/c1-8(10-12-4-7-16-10)13-5-2-9(3-6-13)11(14)15/h4,7-9H,2-3,5-6H2,1H3,(H,14,15). The smallest absolute Gasteiger partial charge is 0.306 e. The van der Waals surface area contributed by atoms with E-state index in [1.807, 2.05) is 11.6 Å². The van der Waals surface area contributed by atoms with Crippen LogP contribution < -0.4 is 0 Å². The van der Waals surface area contributed by atoms with Gasteiger partial charge in [0.15, 0.2) is 0 Å². The molecule has 16 heavy (non-hydrogen) atoms. The number of carboxylic acids is 1. The largest absolute Gasteiger partial charge is 0.481 e. The first-order valence-corrected chi connectivity index (χ1v) is 6.42. The van der Waals surface area contributed by atoms with Crippen molar-refractivity contribution in [2.45, 2.75) is 25.8 Å². The van der Waals surface area contributed by atoms with Crippen LogP contribution in [0.25, 0.3) is 0 Å². The Bertz CT molecular complexity index is 345. The molecule has 0 aliphatic carbocycles. The topological polar surface area (TPSA) is 53.4 Å². The number of aromatic nitrogens is 1. The summed E-state index contributed by atoms with van der Waals surface area (Å²) in [5.74, 6) is -0.804. The molecule has 0 saturated carbocycles. The molecule has 88 valence electrons. The van der Waals surface area contributed by atoms with E-state index in [2.05, 4.69) is 16.8 Å². The highest BCUT2D eigenvalue weighted by Gasteiger charge is 2.27.